The molecule has 2 aromatic carbocycles. The summed E-state index contributed by atoms with van der Waals surface area (Å²) in [4.78, 5) is 0. The van der Waals surface area contributed by atoms with Crippen molar-refractivity contribution in [1.82, 2.24) is 26.9 Å². The van der Waals surface area contributed by atoms with Gasteiger partial charge in [0.2, 0.25) is 0 Å². The standard InChI is InChI=1S/C26H36Br2N6O3S2/c1-4-35-12-11-20(32-34-26(39)30-16-19-8-10-24(37-6-3)22(28)14-19)17-31-33-25(38)29-15-18-7-9-23(36-5-2)21(27)13-18/h7-10,13-14,17,20,32H,4-6,11-12,15-16H2,1-3H3,(H2,29,33,38)(H2,30,34,39)/b31-17-. The Labute approximate surface area is 258 Å². The lowest BCUT2D eigenvalue weighted by Crippen LogP contribution is -2.49. The summed E-state index contributed by atoms with van der Waals surface area (Å²) in [6.07, 6.45) is 2.40. The molecule has 2 rings (SSSR count). The van der Waals surface area contributed by atoms with Crippen molar-refractivity contribution < 1.29 is 14.2 Å². The van der Waals surface area contributed by atoms with Crippen molar-refractivity contribution in [2.75, 3.05) is 26.4 Å². The van der Waals surface area contributed by atoms with Gasteiger partial charge in [0, 0.05) is 32.5 Å². The number of halogens is 2. The first-order valence-electron chi connectivity index (χ1n) is 12.6. The van der Waals surface area contributed by atoms with Gasteiger partial charge < -0.3 is 24.8 Å². The summed E-state index contributed by atoms with van der Waals surface area (Å²) < 4.78 is 18.4. The highest BCUT2D eigenvalue weighted by atomic mass is 79.9. The van der Waals surface area contributed by atoms with Crippen LogP contribution < -0.4 is 36.4 Å². The molecule has 0 aromatic heterocycles. The summed E-state index contributed by atoms with van der Waals surface area (Å²) in [5.41, 5.74) is 11.2. The van der Waals surface area contributed by atoms with Crippen LogP contribution in [0, 0.1) is 0 Å². The number of hydrogen-bond donors (Lipinski definition) is 5. The molecule has 0 saturated heterocycles. The molecule has 2 aromatic rings. The third-order valence-corrected chi connectivity index (χ3v) is 6.79. The molecule has 0 amide bonds. The van der Waals surface area contributed by atoms with E-state index in [4.69, 9.17) is 38.6 Å². The quantitative estimate of drug-likeness (QED) is 0.0717. The number of hydrazine groups is 1. The van der Waals surface area contributed by atoms with E-state index >= 15 is 0 Å². The van der Waals surface area contributed by atoms with Crippen molar-refractivity contribution >= 4 is 72.7 Å². The fraction of sp³-hybridized carbons (Fsp3) is 0.423. The molecule has 0 aliphatic carbocycles. The van der Waals surface area contributed by atoms with Gasteiger partial charge in [0.05, 0.1) is 28.2 Å². The van der Waals surface area contributed by atoms with Crippen molar-refractivity contribution in [3.05, 3.63) is 56.5 Å². The van der Waals surface area contributed by atoms with Gasteiger partial charge in [0.15, 0.2) is 10.2 Å². The first-order valence-corrected chi connectivity index (χ1v) is 15.0. The second-order valence-electron chi connectivity index (χ2n) is 8.01. The van der Waals surface area contributed by atoms with Gasteiger partial charge in [-0.1, -0.05) is 12.1 Å². The molecular formula is C26H36Br2N6O3S2. The molecule has 39 heavy (non-hydrogen) atoms. The molecule has 214 valence electrons. The van der Waals surface area contributed by atoms with Gasteiger partial charge in [-0.05, 0) is 119 Å². The number of thiocarbonyl (C=S) groups is 2. The van der Waals surface area contributed by atoms with Crippen molar-refractivity contribution in [2.24, 2.45) is 5.10 Å². The summed E-state index contributed by atoms with van der Waals surface area (Å²) in [5.74, 6) is 1.62. The summed E-state index contributed by atoms with van der Waals surface area (Å²) in [7, 11) is 0. The van der Waals surface area contributed by atoms with Gasteiger partial charge in [-0.15, -0.1) is 0 Å². The van der Waals surface area contributed by atoms with Gasteiger partial charge in [-0.25, -0.2) is 5.43 Å². The zero-order valence-corrected chi connectivity index (χ0v) is 27.1. The highest BCUT2D eigenvalue weighted by Crippen LogP contribution is 2.26. The van der Waals surface area contributed by atoms with E-state index in [9.17, 15) is 0 Å². The summed E-state index contributed by atoms with van der Waals surface area (Å²) in [6.45, 7) is 9.41. The largest absolute Gasteiger partial charge is 0.493 e. The molecule has 0 saturated carbocycles. The molecule has 0 aliphatic heterocycles. The third kappa shape index (κ3) is 13.3. The zero-order valence-electron chi connectivity index (χ0n) is 22.3. The Morgan fingerprint density at radius 3 is 1.95 bits per heavy atom. The first kappa shape index (κ1) is 33.2. The van der Waals surface area contributed by atoms with Crippen LogP contribution in [0.15, 0.2) is 50.4 Å². The summed E-state index contributed by atoms with van der Waals surface area (Å²) >= 11 is 17.8. The van der Waals surface area contributed by atoms with E-state index in [1.54, 1.807) is 6.21 Å². The summed E-state index contributed by atoms with van der Waals surface area (Å²) in [5, 5.41) is 11.5. The van der Waals surface area contributed by atoms with E-state index in [-0.39, 0.29) is 6.04 Å². The lowest BCUT2D eigenvalue weighted by atomic mass is 10.2. The molecule has 0 heterocycles. The van der Waals surface area contributed by atoms with Crippen LogP contribution in [-0.2, 0) is 17.8 Å². The van der Waals surface area contributed by atoms with Crippen molar-refractivity contribution in [3.8, 4) is 11.5 Å². The third-order valence-electron chi connectivity index (χ3n) is 5.07. The number of ether oxygens (including phenoxy) is 3. The van der Waals surface area contributed by atoms with Gasteiger partial charge in [0.1, 0.15) is 11.5 Å². The van der Waals surface area contributed by atoms with Crippen LogP contribution in [0.25, 0.3) is 0 Å². The van der Waals surface area contributed by atoms with Crippen molar-refractivity contribution in [2.45, 2.75) is 46.3 Å². The number of rotatable bonds is 16. The van der Waals surface area contributed by atoms with Crippen LogP contribution in [0.5, 0.6) is 11.5 Å². The molecule has 1 atom stereocenters. The lowest BCUT2D eigenvalue weighted by Gasteiger charge is -2.18. The molecule has 13 heteroatoms. The number of nitrogens with zero attached hydrogens (tertiary/aromatic N) is 1. The highest BCUT2D eigenvalue weighted by molar-refractivity contribution is 9.10. The Balaban J connectivity index is 1.79. The SMILES string of the molecule is CCOCCC(/C=N\NC(=S)NCc1ccc(OCC)c(Br)c1)NNC(=S)NCc1ccc(OCC)c(Br)c1. The molecule has 0 bridgehead atoms. The molecule has 0 fully saturated rings. The van der Waals surface area contributed by atoms with Crippen molar-refractivity contribution in [1.29, 1.82) is 0 Å². The molecule has 5 N–H and O–H groups in total. The van der Waals surface area contributed by atoms with E-state index in [1.165, 1.54) is 0 Å². The summed E-state index contributed by atoms with van der Waals surface area (Å²) in [6, 6.07) is 11.7. The Bertz CT molecular complexity index is 1090. The van der Waals surface area contributed by atoms with Crippen LogP contribution >= 0.6 is 56.3 Å². The predicted octanol–water partition coefficient (Wildman–Crippen LogP) is 4.92. The van der Waals surface area contributed by atoms with Crippen LogP contribution in [0.2, 0.25) is 0 Å². The van der Waals surface area contributed by atoms with Crippen LogP contribution in [0.1, 0.15) is 38.3 Å². The van der Waals surface area contributed by atoms with Gasteiger partial charge in [-0.3, -0.25) is 10.9 Å². The highest BCUT2D eigenvalue weighted by Gasteiger charge is 2.08. The van der Waals surface area contributed by atoms with E-state index in [2.05, 4.69) is 63.9 Å². The molecule has 1 unspecified atom stereocenters. The smallest absolute Gasteiger partial charge is 0.187 e. The number of benzene rings is 2. The second kappa shape index (κ2) is 19.1. The maximum Gasteiger partial charge on any atom is 0.187 e. The maximum atomic E-state index is 5.56. The molecular weight excluding hydrogens is 668 g/mol. The van der Waals surface area contributed by atoms with Crippen LogP contribution in [0.3, 0.4) is 0 Å². The topological polar surface area (TPSA) is 100 Å². The first-order chi connectivity index (χ1) is 18.9. The monoisotopic (exact) mass is 702 g/mol. The minimum absolute atomic E-state index is 0.159. The minimum Gasteiger partial charge on any atom is -0.493 e. The van der Waals surface area contributed by atoms with Gasteiger partial charge in [0.25, 0.3) is 0 Å². The Morgan fingerprint density at radius 2 is 1.44 bits per heavy atom. The lowest BCUT2D eigenvalue weighted by molar-refractivity contribution is 0.141. The normalized spacial score (nSPS) is 11.6. The fourth-order valence-electron chi connectivity index (χ4n) is 3.18. The van der Waals surface area contributed by atoms with E-state index in [0.717, 1.165) is 31.6 Å². The van der Waals surface area contributed by atoms with Crippen LogP contribution in [0.4, 0.5) is 0 Å². The Kier molecular flexibility index (Phi) is 16.3. The second-order valence-corrected chi connectivity index (χ2v) is 10.5. The molecule has 0 spiro atoms. The molecule has 0 radical (unpaired) electrons. The van der Waals surface area contributed by atoms with E-state index < -0.39 is 0 Å². The Hall–Kier alpha value is -2.03. The van der Waals surface area contributed by atoms with Crippen LogP contribution in [-0.4, -0.2) is 48.9 Å². The minimum atomic E-state index is -0.159. The van der Waals surface area contributed by atoms with Gasteiger partial charge in [-0.2, -0.15) is 5.10 Å². The van der Waals surface area contributed by atoms with E-state index in [0.29, 0.717) is 56.2 Å². The number of nitrogens with one attached hydrogen (secondary N) is 5. The average molecular weight is 705 g/mol. The number of hydrazone groups is 1. The average Bonchev–Trinajstić information content (AvgIpc) is 2.92. The Morgan fingerprint density at radius 1 is 0.872 bits per heavy atom. The predicted molar refractivity (Wildman–Crippen MR) is 172 cm³/mol. The fourth-order valence-corrected chi connectivity index (χ4v) is 4.52. The molecule has 0 aliphatic rings. The van der Waals surface area contributed by atoms with Crippen molar-refractivity contribution in [3.63, 3.8) is 0 Å². The maximum absolute atomic E-state index is 5.56. The van der Waals surface area contributed by atoms with Gasteiger partial charge >= 0.3 is 0 Å². The number of hydrogen-bond acceptors (Lipinski definition) is 7. The molecule has 9 nitrogen and oxygen atoms in total. The zero-order chi connectivity index (χ0) is 28.5. The van der Waals surface area contributed by atoms with E-state index in [1.807, 2.05) is 57.2 Å².